The van der Waals surface area contributed by atoms with Crippen LogP contribution < -0.4 is 0 Å². The number of rotatable bonds is 4. The third kappa shape index (κ3) is 6.42. The lowest BCUT2D eigenvalue weighted by Crippen LogP contribution is -2.42. The minimum Gasteiger partial charge on any atom is -0.475 e. The van der Waals surface area contributed by atoms with E-state index in [1.165, 1.54) is 4.88 Å². The Morgan fingerprint density at radius 3 is 2.52 bits per heavy atom. The van der Waals surface area contributed by atoms with Crippen molar-refractivity contribution in [3.8, 4) is 0 Å². The van der Waals surface area contributed by atoms with Crippen LogP contribution in [0.25, 0.3) is 0 Å². The van der Waals surface area contributed by atoms with Gasteiger partial charge in [0, 0.05) is 43.9 Å². The second kappa shape index (κ2) is 10.4. The van der Waals surface area contributed by atoms with Gasteiger partial charge < -0.3 is 14.7 Å². The molecular weight excluding hydrogens is 437 g/mol. The highest BCUT2D eigenvalue weighted by atomic mass is 32.1. The van der Waals surface area contributed by atoms with Gasteiger partial charge in [-0.25, -0.2) is 4.79 Å². The van der Waals surface area contributed by atoms with Crippen LogP contribution in [0.3, 0.4) is 0 Å². The molecule has 0 radical (unpaired) electrons. The minimum absolute atomic E-state index is 0.0524. The van der Waals surface area contributed by atoms with E-state index in [4.69, 9.17) is 14.6 Å². The van der Waals surface area contributed by atoms with Gasteiger partial charge in [-0.3, -0.25) is 14.5 Å². The van der Waals surface area contributed by atoms with Crippen molar-refractivity contribution >= 4 is 29.2 Å². The Hall–Kier alpha value is -2.14. The highest BCUT2D eigenvalue weighted by molar-refractivity contribution is 7.09. The van der Waals surface area contributed by atoms with Crippen molar-refractivity contribution in [2.45, 2.75) is 39.4 Å². The number of thiophene rings is 1. The smallest absolute Gasteiger partial charge is 0.475 e. The number of ether oxygens (including phenoxy) is 1. The van der Waals surface area contributed by atoms with Gasteiger partial charge in [-0.15, -0.1) is 11.3 Å². The van der Waals surface area contributed by atoms with E-state index < -0.39 is 17.6 Å². The quantitative estimate of drug-likeness (QED) is 0.690. The number of amides is 1. The lowest BCUT2D eigenvalue weighted by atomic mass is 9.75. The fraction of sp³-hybridized carbons (Fsp3) is 0.650. The highest BCUT2D eigenvalue weighted by Gasteiger charge is 2.54. The molecule has 1 N–H and O–H groups in total. The number of aliphatic carboxylic acids is 1. The second-order valence-corrected chi connectivity index (χ2v) is 8.73. The van der Waals surface area contributed by atoms with E-state index in [2.05, 4.69) is 22.4 Å². The third-order valence-electron chi connectivity index (χ3n) is 5.60. The molecule has 31 heavy (non-hydrogen) atoms. The summed E-state index contributed by atoms with van der Waals surface area (Å²) >= 11 is 1.77. The summed E-state index contributed by atoms with van der Waals surface area (Å²) in [6.45, 7) is 7.78. The van der Waals surface area contributed by atoms with Crippen molar-refractivity contribution in [2.75, 3.05) is 32.8 Å². The summed E-state index contributed by atoms with van der Waals surface area (Å²) in [5.41, 5.74) is -0.522. The van der Waals surface area contributed by atoms with Crippen molar-refractivity contribution in [2.24, 2.45) is 11.3 Å². The average molecular weight is 465 g/mol. The molecule has 174 valence electrons. The fourth-order valence-electron chi connectivity index (χ4n) is 4.13. The summed E-state index contributed by atoms with van der Waals surface area (Å²) in [7, 11) is 0. The molecule has 1 aromatic rings. The van der Waals surface area contributed by atoms with Crippen LogP contribution in [0, 0.1) is 11.3 Å². The molecule has 3 heterocycles. The first-order valence-corrected chi connectivity index (χ1v) is 10.8. The molecule has 0 aliphatic carbocycles. The molecule has 7 nitrogen and oxygen atoms in total. The monoisotopic (exact) mass is 464 g/mol. The summed E-state index contributed by atoms with van der Waals surface area (Å²) in [6.07, 6.45) is -3.31. The van der Waals surface area contributed by atoms with Crippen LogP contribution in [-0.4, -0.2) is 71.7 Å². The molecule has 2 aliphatic rings. The van der Waals surface area contributed by atoms with Gasteiger partial charge in [0.1, 0.15) is 0 Å². The van der Waals surface area contributed by atoms with Crippen molar-refractivity contribution in [1.29, 1.82) is 0 Å². The van der Waals surface area contributed by atoms with E-state index in [1.54, 1.807) is 18.3 Å². The molecule has 2 aliphatic heterocycles. The number of likely N-dealkylation sites (tertiary alicyclic amines) is 2. The maximum atomic E-state index is 12.8. The molecule has 0 saturated carbocycles. The molecule has 2 saturated heterocycles. The number of carbonyl (C=O) groups is 3. The Morgan fingerprint density at radius 2 is 2.00 bits per heavy atom. The molecule has 0 aromatic carbocycles. The summed E-state index contributed by atoms with van der Waals surface area (Å²) in [5, 5.41) is 9.23. The first-order valence-electron chi connectivity index (χ1n) is 9.97. The Labute approximate surface area is 182 Å². The predicted octanol–water partition coefficient (Wildman–Crippen LogP) is 3.01. The van der Waals surface area contributed by atoms with E-state index in [-0.39, 0.29) is 17.8 Å². The van der Waals surface area contributed by atoms with Gasteiger partial charge in [0.05, 0.1) is 12.0 Å². The van der Waals surface area contributed by atoms with Crippen LogP contribution in [0.4, 0.5) is 13.2 Å². The second-order valence-electron chi connectivity index (χ2n) is 7.69. The Bertz CT molecular complexity index is 771. The van der Waals surface area contributed by atoms with Crippen molar-refractivity contribution in [3.05, 3.63) is 22.4 Å². The third-order valence-corrected chi connectivity index (χ3v) is 6.46. The number of esters is 1. The van der Waals surface area contributed by atoms with Crippen molar-refractivity contribution in [3.63, 3.8) is 0 Å². The van der Waals surface area contributed by atoms with Crippen LogP contribution in [-0.2, 0) is 25.7 Å². The molecular formula is C20H27F3N2O5S. The van der Waals surface area contributed by atoms with Gasteiger partial charge >= 0.3 is 18.1 Å². The first-order chi connectivity index (χ1) is 14.5. The number of carboxylic acids is 1. The SMILES string of the molecule is CCOC(=O)[C@]12CCCN(Cc3cccs3)C[C@H]1CN(C(C)=O)C2.O=C(O)C(F)(F)F. The maximum absolute atomic E-state index is 12.8. The van der Waals surface area contributed by atoms with Gasteiger partial charge in [-0.2, -0.15) is 13.2 Å². The number of nitrogens with zero attached hydrogens (tertiary/aromatic N) is 2. The maximum Gasteiger partial charge on any atom is 0.490 e. The number of alkyl halides is 3. The average Bonchev–Trinajstić information content (AvgIpc) is 3.27. The number of hydrogen-bond donors (Lipinski definition) is 1. The number of carboxylic acid groups (broad SMARTS) is 1. The predicted molar refractivity (Wildman–Crippen MR) is 107 cm³/mol. The summed E-state index contributed by atoms with van der Waals surface area (Å²) in [6, 6.07) is 4.23. The van der Waals surface area contributed by atoms with Gasteiger partial charge in [-0.1, -0.05) is 6.07 Å². The zero-order valence-corrected chi connectivity index (χ0v) is 18.3. The standard InChI is InChI=1S/C18H26N2O3S.C2HF3O2/c1-3-23-17(22)18-7-5-8-19(12-16-6-4-9-24-16)10-15(18)11-20(13-18)14(2)21;3-2(4,5)1(6)7/h4,6,9,15H,3,5,7-8,10-13H2,1-2H3;(H,6,7)/t15-,18-;/m0./s1. The zero-order valence-electron chi connectivity index (χ0n) is 17.5. The molecule has 3 rings (SSSR count). The Kier molecular flexibility index (Phi) is 8.47. The van der Waals surface area contributed by atoms with E-state index in [9.17, 15) is 22.8 Å². The molecule has 0 spiro atoms. The lowest BCUT2D eigenvalue weighted by molar-refractivity contribution is -0.192. The summed E-state index contributed by atoms with van der Waals surface area (Å²) in [4.78, 5) is 39.2. The number of halogens is 3. The first kappa shape index (κ1) is 25.1. The lowest BCUT2D eigenvalue weighted by Gasteiger charge is -2.31. The van der Waals surface area contributed by atoms with Gasteiger partial charge in [-0.05, 0) is 37.8 Å². The Morgan fingerprint density at radius 1 is 1.32 bits per heavy atom. The van der Waals surface area contributed by atoms with Crippen LogP contribution in [0.2, 0.25) is 0 Å². The molecule has 1 amide bonds. The molecule has 2 atom stereocenters. The molecule has 0 bridgehead atoms. The largest absolute Gasteiger partial charge is 0.490 e. The van der Waals surface area contributed by atoms with Gasteiger partial charge in [0.15, 0.2) is 0 Å². The van der Waals surface area contributed by atoms with Crippen LogP contribution in [0.15, 0.2) is 17.5 Å². The van der Waals surface area contributed by atoms with Gasteiger partial charge in [0.2, 0.25) is 5.91 Å². The minimum atomic E-state index is -5.08. The molecule has 11 heteroatoms. The van der Waals surface area contributed by atoms with Crippen molar-refractivity contribution < 1.29 is 37.4 Å². The van der Waals surface area contributed by atoms with Crippen molar-refractivity contribution in [1.82, 2.24) is 9.80 Å². The van der Waals surface area contributed by atoms with E-state index >= 15 is 0 Å². The summed E-state index contributed by atoms with van der Waals surface area (Å²) in [5.74, 6) is -2.66. The molecule has 0 unspecified atom stereocenters. The van der Waals surface area contributed by atoms with Crippen LogP contribution >= 0.6 is 11.3 Å². The highest BCUT2D eigenvalue weighted by Crippen LogP contribution is 2.44. The Balaban J connectivity index is 0.000000423. The number of hydrogen-bond acceptors (Lipinski definition) is 6. The molecule has 2 fully saturated rings. The molecule has 1 aromatic heterocycles. The van der Waals surface area contributed by atoms with Crippen LogP contribution in [0.1, 0.15) is 31.6 Å². The van der Waals surface area contributed by atoms with E-state index in [0.717, 1.165) is 32.5 Å². The van der Waals surface area contributed by atoms with Crippen LogP contribution in [0.5, 0.6) is 0 Å². The van der Waals surface area contributed by atoms with E-state index in [0.29, 0.717) is 19.7 Å². The summed E-state index contributed by atoms with van der Waals surface area (Å²) < 4.78 is 37.2. The topological polar surface area (TPSA) is 87.2 Å². The van der Waals surface area contributed by atoms with Gasteiger partial charge in [0.25, 0.3) is 0 Å². The zero-order chi connectivity index (χ0) is 23.2. The number of fused-ring (bicyclic) bond motifs is 1. The van der Waals surface area contributed by atoms with E-state index in [1.807, 2.05) is 11.8 Å². The number of carbonyl (C=O) groups excluding carboxylic acids is 2. The fourth-order valence-corrected chi connectivity index (χ4v) is 4.87. The normalized spacial score (nSPS) is 23.9.